The Bertz CT molecular complexity index is 179. The number of likely N-dealkylation sites (tertiary alicyclic amines) is 1. The van der Waals surface area contributed by atoms with Gasteiger partial charge in [0.1, 0.15) is 5.78 Å². The third-order valence-electron chi connectivity index (χ3n) is 2.50. The number of nitrogens with zero attached hydrogens (tertiary/aromatic N) is 1. The Morgan fingerprint density at radius 1 is 1.58 bits per heavy atom. The monoisotopic (exact) mass is 170 g/mol. The number of carbonyl (C=O) groups is 1. The first kappa shape index (κ1) is 9.68. The van der Waals surface area contributed by atoms with Crippen LogP contribution in [0.4, 0.5) is 0 Å². The van der Waals surface area contributed by atoms with E-state index < -0.39 is 0 Å². The summed E-state index contributed by atoms with van der Waals surface area (Å²) < 4.78 is 0. The van der Waals surface area contributed by atoms with Gasteiger partial charge in [0.15, 0.2) is 0 Å². The molecule has 0 saturated carbocycles. The van der Waals surface area contributed by atoms with Crippen LogP contribution >= 0.6 is 0 Å². The highest BCUT2D eigenvalue weighted by atomic mass is 16.1. The fraction of sp³-hybridized carbons (Fsp3) is 0.889. The van der Waals surface area contributed by atoms with Gasteiger partial charge in [-0.15, -0.1) is 0 Å². The molecule has 1 unspecified atom stereocenters. The SMILES string of the molecule is CC(=O)[C@@H]1CC(N)CN1C(C)C. The van der Waals surface area contributed by atoms with E-state index >= 15 is 0 Å². The Hall–Kier alpha value is -0.410. The lowest BCUT2D eigenvalue weighted by Gasteiger charge is -2.25. The molecule has 1 aliphatic heterocycles. The summed E-state index contributed by atoms with van der Waals surface area (Å²) in [5.74, 6) is 0.247. The van der Waals surface area contributed by atoms with Gasteiger partial charge in [0.2, 0.25) is 0 Å². The highest BCUT2D eigenvalue weighted by Gasteiger charge is 2.34. The van der Waals surface area contributed by atoms with Gasteiger partial charge < -0.3 is 5.73 Å². The molecule has 0 aromatic carbocycles. The summed E-state index contributed by atoms with van der Waals surface area (Å²) in [6.45, 7) is 6.72. The number of nitrogens with two attached hydrogens (primary N) is 1. The van der Waals surface area contributed by atoms with Crippen molar-refractivity contribution >= 4 is 5.78 Å². The highest BCUT2D eigenvalue weighted by Crippen LogP contribution is 2.19. The van der Waals surface area contributed by atoms with Crippen LogP contribution in [0, 0.1) is 0 Å². The Balaban J connectivity index is 2.65. The normalized spacial score (nSPS) is 31.4. The molecule has 12 heavy (non-hydrogen) atoms. The second-order valence-corrected chi connectivity index (χ2v) is 3.91. The molecule has 3 nitrogen and oxygen atoms in total. The predicted molar refractivity (Wildman–Crippen MR) is 48.9 cm³/mol. The largest absolute Gasteiger partial charge is 0.326 e. The van der Waals surface area contributed by atoms with Gasteiger partial charge in [-0.05, 0) is 27.2 Å². The number of Topliss-reactive ketones (excluding diaryl/α,β-unsaturated/α-hetero) is 1. The minimum absolute atomic E-state index is 0.0694. The third-order valence-corrected chi connectivity index (χ3v) is 2.50. The van der Waals surface area contributed by atoms with Crippen molar-refractivity contribution < 1.29 is 4.79 Å². The number of rotatable bonds is 2. The maximum Gasteiger partial charge on any atom is 0.146 e. The molecule has 70 valence electrons. The van der Waals surface area contributed by atoms with Crippen LogP contribution in [-0.2, 0) is 4.79 Å². The van der Waals surface area contributed by atoms with Gasteiger partial charge in [-0.3, -0.25) is 9.69 Å². The smallest absolute Gasteiger partial charge is 0.146 e. The van der Waals surface area contributed by atoms with Crippen LogP contribution in [-0.4, -0.2) is 35.4 Å². The molecule has 1 aliphatic rings. The summed E-state index contributed by atoms with van der Waals surface area (Å²) in [6, 6.07) is 0.675. The molecule has 0 aromatic heterocycles. The molecule has 0 bridgehead atoms. The summed E-state index contributed by atoms with van der Waals surface area (Å²) >= 11 is 0. The molecule has 2 atom stereocenters. The van der Waals surface area contributed by atoms with Crippen LogP contribution in [0.2, 0.25) is 0 Å². The van der Waals surface area contributed by atoms with Crippen molar-refractivity contribution in [2.45, 2.75) is 45.3 Å². The van der Waals surface area contributed by atoms with E-state index in [9.17, 15) is 4.79 Å². The van der Waals surface area contributed by atoms with Crippen molar-refractivity contribution in [2.24, 2.45) is 5.73 Å². The van der Waals surface area contributed by atoms with E-state index in [2.05, 4.69) is 18.7 Å². The molecular formula is C9H18N2O. The van der Waals surface area contributed by atoms with Gasteiger partial charge in [-0.25, -0.2) is 0 Å². The van der Waals surface area contributed by atoms with Gasteiger partial charge in [-0.1, -0.05) is 0 Å². The summed E-state index contributed by atoms with van der Waals surface area (Å²) in [5.41, 5.74) is 5.80. The number of ketones is 1. The van der Waals surface area contributed by atoms with E-state index in [4.69, 9.17) is 5.73 Å². The van der Waals surface area contributed by atoms with E-state index in [1.54, 1.807) is 6.92 Å². The maximum absolute atomic E-state index is 11.2. The van der Waals surface area contributed by atoms with Gasteiger partial charge in [-0.2, -0.15) is 0 Å². The molecule has 1 saturated heterocycles. The van der Waals surface area contributed by atoms with Gasteiger partial charge in [0.05, 0.1) is 6.04 Å². The van der Waals surface area contributed by atoms with Crippen LogP contribution in [0.3, 0.4) is 0 Å². The summed E-state index contributed by atoms with van der Waals surface area (Å²) in [4.78, 5) is 13.4. The highest BCUT2D eigenvalue weighted by molar-refractivity contribution is 5.81. The summed E-state index contributed by atoms with van der Waals surface area (Å²) in [7, 11) is 0. The van der Waals surface area contributed by atoms with Crippen molar-refractivity contribution in [3.05, 3.63) is 0 Å². The first-order valence-corrected chi connectivity index (χ1v) is 4.54. The zero-order valence-electron chi connectivity index (χ0n) is 8.08. The first-order valence-electron chi connectivity index (χ1n) is 4.54. The Kier molecular flexibility index (Phi) is 2.85. The summed E-state index contributed by atoms with van der Waals surface area (Å²) in [6.07, 6.45) is 0.827. The molecule has 1 fully saturated rings. The van der Waals surface area contributed by atoms with E-state index in [0.29, 0.717) is 6.04 Å². The molecule has 0 aliphatic carbocycles. The quantitative estimate of drug-likeness (QED) is 0.652. The van der Waals surface area contributed by atoms with Crippen molar-refractivity contribution in [3.8, 4) is 0 Å². The molecule has 1 rings (SSSR count). The Labute approximate surface area is 73.9 Å². The number of hydrogen-bond acceptors (Lipinski definition) is 3. The standard InChI is InChI=1S/C9H18N2O/c1-6(2)11-5-8(10)4-9(11)7(3)12/h6,8-9H,4-5,10H2,1-3H3/t8?,9-/m0/s1. The van der Waals surface area contributed by atoms with E-state index in [1.807, 2.05) is 0 Å². The summed E-state index contributed by atoms with van der Waals surface area (Å²) in [5, 5.41) is 0. The first-order chi connectivity index (χ1) is 5.52. The molecule has 3 heteroatoms. The number of carbonyl (C=O) groups excluding carboxylic acids is 1. The van der Waals surface area contributed by atoms with Crippen molar-refractivity contribution in [3.63, 3.8) is 0 Å². The third kappa shape index (κ3) is 1.84. The van der Waals surface area contributed by atoms with E-state index in [-0.39, 0.29) is 17.9 Å². The van der Waals surface area contributed by atoms with Crippen LogP contribution in [0.15, 0.2) is 0 Å². The molecular weight excluding hydrogens is 152 g/mol. The predicted octanol–water partition coefficient (Wildman–Crippen LogP) is 0.385. The van der Waals surface area contributed by atoms with Crippen molar-refractivity contribution in [2.75, 3.05) is 6.54 Å². The molecule has 1 heterocycles. The minimum atomic E-state index is 0.0694. The van der Waals surface area contributed by atoms with Crippen LogP contribution < -0.4 is 5.73 Å². The Morgan fingerprint density at radius 2 is 2.17 bits per heavy atom. The van der Waals surface area contributed by atoms with E-state index in [0.717, 1.165) is 13.0 Å². The lowest BCUT2D eigenvalue weighted by molar-refractivity contribution is -0.121. The lowest BCUT2D eigenvalue weighted by atomic mass is 10.1. The zero-order valence-corrected chi connectivity index (χ0v) is 8.08. The average molecular weight is 170 g/mol. The second kappa shape index (κ2) is 3.54. The minimum Gasteiger partial charge on any atom is -0.326 e. The van der Waals surface area contributed by atoms with Gasteiger partial charge in [0.25, 0.3) is 0 Å². The fourth-order valence-electron chi connectivity index (χ4n) is 1.86. The fourth-order valence-corrected chi connectivity index (χ4v) is 1.86. The number of hydrogen-bond donors (Lipinski definition) is 1. The molecule has 0 spiro atoms. The Morgan fingerprint density at radius 3 is 2.50 bits per heavy atom. The van der Waals surface area contributed by atoms with Crippen LogP contribution in [0.5, 0.6) is 0 Å². The lowest BCUT2D eigenvalue weighted by Crippen LogP contribution is -2.39. The maximum atomic E-state index is 11.2. The van der Waals surface area contributed by atoms with Crippen molar-refractivity contribution in [1.29, 1.82) is 0 Å². The zero-order chi connectivity index (χ0) is 9.30. The average Bonchev–Trinajstić information content (AvgIpc) is 2.31. The second-order valence-electron chi connectivity index (χ2n) is 3.91. The van der Waals surface area contributed by atoms with Crippen molar-refractivity contribution in [1.82, 2.24) is 4.90 Å². The molecule has 0 radical (unpaired) electrons. The van der Waals surface area contributed by atoms with Crippen LogP contribution in [0.1, 0.15) is 27.2 Å². The van der Waals surface area contributed by atoms with E-state index in [1.165, 1.54) is 0 Å². The topological polar surface area (TPSA) is 46.3 Å². The molecule has 0 aromatic rings. The van der Waals surface area contributed by atoms with Gasteiger partial charge >= 0.3 is 0 Å². The molecule has 0 amide bonds. The molecule has 2 N–H and O–H groups in total. The van der Waals surface area contributed by atoms with Crippen LogP contribution in [0.25, 0.3) is 0 Å². The van der Waals surface area contributed by atoms with Gasteiger partial charge in [0, 0.05) is 18.6 Å².